The average molecular weight is 511 g/mol. The van der Waals surface area contributed by atoms with Crippen molar-refractivity contribution < 1.29 is 17.9 Å². The standard InChI is InChI=1S/C20H19ClN4O4S3/c1-3-11-30-20-24-23-19(31-20)22-18(26)13-25(15-6-4-5-14(21)12-15)32(27,28)17-9-7-16(29-2)8-10-17/h3-10,12H,1,11,13H2,2H3,(H,22,23,26). The van der Waals surface area contributed by atoms with Crippen LogP contribution in [0.25, 0.3) is 0 Å². The number of aromatic nitrogens is 2. The molecule has 1 heterocycles. The molecular formula is C20H19ClN4O4S3. The van der Waals surface area contributed by atoms with Crippen molar-refractivity contribution in [1.82, 2.24) is 10.2 Å². The van der Waals surface area contributed by atoms with Crippen LogP contribution in [0.2, 0.25) is 5.02 Å². The number of methoxy groups -OCH3 is 1. The van der Waals surface area contributed by atoms with Crippen molar-refractivity contribution in [3.63, 3.8) is 0 Å². The van der Waals surface area contributed by atoms with E-state index in [1.807, 2.05) is 0 Å². The summed E-state index contributed by atoms with van der Waals surface area (Å²) in [5.74, 6) is 0.599. The Balaban J connectivity index is 1.86. The summed E-state index contributed by atoms with van der Waals surface area (Å²) < 4.78 is 33.5. The van der Waals surface area contributed by atoms with Gasteiger partial charge in [-0.3, -0.25) is 14.4 Å². The summed E-state index contributed by atoms with van der Waals surface area (Å²) in [6.45, 7) is 3.16. The quantitative estimate of drug-likeness (QED) is 0.246. The second kappa shape index (κ2) is 10.8. The van der Waals surface area contributed by atoms with Gasteiger partial charge in [0.25, 0.3) is 10.0 Å². The highest BCUT2D eigenvalue weighted by atomic mass is 35.5. The van der Waals surface area contributed by atoms with Gasteiger partial charge in [-0.15, -0.1) is 16.8 Å². The molecule has 0 radical (unpaired) electrons. The van der Waals surface area contributed by atoms with E-state index in [9.17, 15) is 13.2 Å². The number of thioether (sulfide) groups is 1. The molecule has 8 nitrogen and oxygen atoms in total. The molecule has 0 aliphatic carbocycles. The minimum atomic E-state index is -4.08. The van der Waals surface area contributed by atoms with Crippen LogP contribution in [0.4, 0.5) is 10.8 Å². The first-order chi connectivity index (χ1) is 15.3. The Labute approximate surface area is 199 Å². The third-order valence-electron chi connectivity index (χ3n) is 4.01. The van der Waals surface area contributed by atoms with Crippen molar-refractivity contribution in [2.24, 2.45) is 0 Å². The molecule has 1 aromatic heterocycles. The number of amides is 1. The van der Waals surface area contributed by atoms with Gasteiger partial charge >= 0.3 is 0 Å². The van der Waals surface area contributed by atoms with E-state index in [1.165, 1.54) is 60.5 Å². The fraction of sp³-hybridized carbons (Fsp3) is 0.150. The summed E-state index contributed by atoms with van der Waals surface area (Å²) in [7, 11) is -2.59. The fourth-order valence-electron chi connectivity index (χ4n) is 2.56. The number of hydrogen-bond acceptors (Lipinski definition) is 8. The second-order valence-electron chi connectivity index (χ2n) is 6.19. The number of nitrogens with zero attached hydrogens (tertiary/aromatic N) is 3. The van der Waals surface area contributed by atoms with Crippen LogP contribution in [0.15, 0.2) is 70.4 Å². The van der Waals surface area contributed by atoms with Crippen molar-refractivity contribution in [3.8, 4) is 5.75 Å². The normalized spacial score (nSPS) is 11.1. The van der Waals surface area contributed by atoms with Crippen LogP contribution in [0.1, 0.15) is 0 Å². The zero-order chi connectivity index (χ0) is 23.1. The van der Waals surface area contributed by atoms with Crippen molar-refractivity contribution in [2.45, 2.75) is 9.24 Å². The lowest BCUT2D eigenvalue weighted by Gasteiger charge is -2.24. The first kappa shape index (κ1) is 24.1. The predicted molar refractivity (Wildman–Crippen MR) is 128 cm³/mol. The van der Waals surface area contributed by atoms with Crippen molar-refractivity contribution >= 4 is 61.4 Å². The number of ether oxygens (including phenoxy) is 1. The van der Waals surface area contributed by atoms with Gasteiger partial charge in [0.1, 0.15) is 12.3 Å². The molecule has 1 N–H and O–H groups in total. The molecule has 0 spiro atoms. The molecule has 32 heavy (non-hydrogen) atoms. The molecule has 1 amide bonds. The number of benzene rings is 2. The van der Waals surface area contributed by atoms with Gasteiger partial charge < -0.3 is 4.74 Å². The summed E-state index contributed by atoms with van der Waals surface area (Å²) in [6, 6.07) is 12.2. The Hall–Kier alpha value is -2.60. The Bertz CT molecular complexity index is 1200. The third-order valence-corrected chi connectivity index (χ3v) is 8.00. The Kier molecular flexibility index (Phi) is 8.13. The fourth-order valence-corrected chi connectivity index (χ4v) is 5.69. The van der Waals surface area contributed by atoms with E-state index in [1.54, 1.807) is 24.3 Å². The lowest BCUT2D eigenvalue weighted by Crippen LogP contribution is -2.38. The van der Waals surface area contributed by atoms with Crippen LogP contribution in [0.5, 0.6) is 5.75 Å². The highest BCUT2D eigenvalue weighted by Crippen LogP contribution is 2.28. The molecule has 0 saturated carbocycles. The third kappa shape index (κ3) is 6.00. The molecule has 168 valence electrons. The van der Waals surface area contributed by atoms with Crippen LogP contribution in [-0.4, -0.2) is 43.9 Å². The molecule has 0 aliphatic rings. The van der Waals surface area contributed by atoms with Gasteiger partial charge in [0.05, 0.1) is 17.7 Å². The molecule has 3 aromatic rings. The van der Waals surface area contributed by atoms with Crippen LogP contribution in [0.3, 0.4) is 0 Å². The highest BCUT2D eigenvalue weighted by Gasteiger charge is 2.28. The van der Waals surface area contributed by atoms with E-state index < -0.39 is 22.5 Å². The highest BCUT2D eigenvalue weighted by molar-refractivity contribution is 8.01. The van der Waals surface area contributed by atoms with E-state index in [0.29, 0.717) is 20.9 Å². The van der Waals surface area contributed by atoms with Crippen LogP contribution in [0, 0.1) is 0 Å². The number of anilines is 2. The molecule has 12 heteroatoms. The maximum atomic E-state index is 13.4. The van der Waals surface area contributed by atoms with Gasteiger partial charge in [0.15, 0.2) is 4.34 Å². The lowest BCUT2D eigenvalue weighted by molar-refractivity contribution is -0.114. The largest absolute Gasteiger partial charge is 0.497 e. The Morgan fingerprint density at radius 1 is 1.28 bits per heavy atom. The molecule has 3 rings (SSSR count). The summed E-state index contributed by atoms with van der Waals surface area (Å²) in [5.41, 5.74) is 0.253. The minimum absolute atomic E-state index is 0.00472. The molecule has 2 aromatic carbocycles. The molecular weight excluding hydrogens is 492 g/mol. The van der Waals surface area contributed by atoms with E-state index >= 15 is 0 Å². The molecule has 0 bridgehead atoms. The van der Waals surface area contributed by atoms with E-state index in [0.717, 1.165) is 4.31 Å². The topological polar surface area (TPSA) is 101 Å². The number of hydrogen-bond donors (Lipinski definition) is 1. The van der Waals surface area contributed by atoms with Gasteiger partial charge in [-0.25, -0.2) is 8.42 Å². The summed E-state index contributed by atoms with van der Waals surface area (Å²) >= 11 is 8.69. The van der Waals surface area contributed by atoms with Crippen LogP contribution >= 0.6 is 34.7 Å². The van der Waals surface area contributed by atoms with Crippen molar-refractivity contribution in [1.29, 1.82) is 0 Å². The molecule has 0 unspecified atom stereocenters. The van der Waals surface area contributed by atoms with Gasteiger partial charge in [-0.05, 0) is 42.5 Å². The minimum Gasteiger partial charge on any atom is -0.497 e. The number of halogens is 1. The monoisotopic (exact) mass is 510 g/mol. The van der Waals surface area contributed by atoms with E-state index in [2.05, 4.69) is 22.1 Å². The van der Waals surface area contributed by atoms with Gasteiger partial charge in [-0.2, -0.15) is 0 Å². The molecule has 0 aliphatic heterocycles. The molecule has 0 fully saturated rings. The molecule has 0 saturated heterocycles. The maximum absolute atomic E-state index is 13.4. The maximum Gasteiger partial charge on any atom is 0.264 e. The van der Waals surface area contributed by atoms with Crippen LogP contribution in [-0.2, 0) is 14.8 Å². The zero-order valence-corrected chi connectivity index (χ0v) is 20.1. The van der Waals surface area contributed by atoms with Crippen molar-refractivity contribution in [2.75, 3.05) is 29.0 Å². The Morgan fingerprint density at radius 3 is 2.69 bits per heavy atom. The van der Waals surface area contributed by atoms with E-state index in [-0.39, 0.29) is 15.7 Å². The Morgan fingerprint density at radius 2 is 2.03 bits per heavy atom. The number of nitrogens with one attached hydrogen (secondary N) is 1. The summed E-state index contributed by atoms with van der Waals surface area (Å²) in [6.07, 6.45) is 1.73. The first-order valence-electron chi connectivity index (χ1n) is 9.13. The SMILES string of the molecule is C=CCSc1nnc(NC(=O)CN(c2cccc(Cl)c2)S(=O)(=O)c2ccc(OC)cc2)s1. The number of carbonyl (C=O) groups is 1. The molecule has 0 atom stereocenters. The summed E-state index contributed by atoms with van der Waals surface area (Å²) in [4.78, 5) is 12.7. The van der Waals surface area contributed by atoms with Gasteiger partial charge in [0, 0.05) is 10.8 Å². The number of rotatable bonds is 10. The average Bonchev–Trinajstić information content (AvgIpc) is 3.23. The zero-order valence-electron chi connectivity index (χ0n) is 16.9. The lowest BCUT2D eigenvalue weighted by atomic mass is 10.3. The predicted octanol–water partition coefficient (Wildman–Crippen LogP) is 4.31. The number of carbonyl (C=O) groups excluding carboxylic acids is 1. The van der Waals surface area contributed by atoms with E-state index in [4.69, 9.17) is 16.3 Å². The second-order valence-corrected chi connectivity index (χ2v) is 10.7. The van der Waals surface area contributed by atoms with Crippen molar-refractivity contribution in [3.05, 3.63) is 66.2 Å². The smallest absolute Gasteiger partial charge is 0.264 e. The van der Waals surface area contributed by atoms with Gasteiger partial charge in [0.2, 0.25) is 11.0 Å². The summed E-state index contributed by atoms with van der Waals surface area (Å²) in [5, 5.41) is 11.1. The first-order valence-corrected chi connectivity index (χ1v) is 12.7. The van der Waals surface area contributed by atoms with Crippen LogP contribution < -0.4 is 14.4 Å². The number of sulfonamides is 1. The van der Waals surface area contributed by atoms with Gasteiger partial charge in [-0.1, -0.05) is 46.8 Å².